The van der Waals surface area contributed by atoms with E-state index >= 15 is 0 Å². The van der Waals surface area contributed by atoms with E-state index in [1.807, 2.05) is 4.90 Å². The van der Waals surface area contributed by atoms with Crippen LogP contribution in [0.5, 0.6) is 0 Å². The molecule has 2 atom stereocenters. The monoisotopic (exact) mass is 533 g/mol. The number of H-pyrrole nitrogens is 1. The maximum Gasteiger partial charge on any atom is 0.348 e. The molecule has 1 fully saturated rings. The summed E-state index contributed by atoms with van der Waals surface area (Å²) in [6, 6.07) is -0.331. The van der Waals surface area contributed by atoms with Gasteiger partial charge in [0.05, 0.1) is 28.8 Å². The molecule has 14 heteroatoms. The Hall–Kier alpha value is -2.38. The first-order chi connectivity index (χ1) is 16.2. The minimum Gasteiger partial charge on any atom is -0.477 e. The summed E-state index contributed by atoms with van der Waals surface area (Å²) in [5.41, 5.74) is 0.619. The van der Waals surface area contributed by atoms with Crippen LogP contribution in [-0.4, -0.2) is 85.5 Å². The molecule has 1 saturated heterocycles. The second kappa shape index (κ2) is 11.4. The van der Waals surface area contributed by atoms with Gasteiger partial charge in [-0.1, -0.05) is 34.5 Å². The number of carbonyl (C=O) groups is 3. The van der Waals surface area contributed by atoms with Gasteiger partial charge < -0.3 is 35.1 Å². The normalized spacial score (nSPS) is 18.1. The van der Waals surface area contributed by atoms with E-state index in [2.05, 4.69) is 20.6 Å². The van der Waals surface area contributed by atoms with Crippen molar-refractivity contribution in [1.82, 2.24) is 20.6 Å². The van der Waals surface area contributed by atoms with Crippen molar-refractivity contribution in [3.63, 3.8) is 0 Å². The second-order valence-corrected chi connectivity index (χ2v) is 9.30. The van der Waals surface area contributed by atoms with Gasteiger partial charge in [0.25, 0.3) is 11.8 Å². The summed E-state index contributed by atoms with van der Waals surface area (Å²) in [6.07, 6.45) is 0.0753. The van der Waals surface area contributed by atoms with Crippen molar-refractivity contribution >= 4 is 57.5 Å². The predicted octanol–water partition coefficient (Wildman–Crippen LogP) is 2.18. The number of carbonyl (C=O) groups excluding carboxylic acids is 2. The zero-order valence-electron chi connectivity index (χ0n) is 18.7. The number of aryl methyl sites for hydroxylation is 1. The average molecular weight is 534 g/mol. The van der Waals surface area contributed by atoms with Gasteiger partial charge in [0, 0.05) is 39.5 Å². The van der Waals surface area contributed by atoms with Gasteiger partial charge in [0.15, 0.2) is 10.8 Å². The summed E-state index contributed by atoms with van der Waals surface area (Å²) in [7, 11) is 3.02. The van der Waals surface area contributed by atoms with E-state index in [-0.39, 0.29) is 33.9 Å². The lowest BCUT2D eigenvalue weighted by Crippen LogP contribution is -2.55. The molecule has 0 saturated carbocycles. The molecule has 0 spiro atoms. The van der Waals surface area contributed by atoms with Gasteiger partial charge in [-0.2, -0.15) is 0 Å². The molecule has 11 nitrogen and oxygen atoms in total. The fraction of sp³-hybridized carbons (Fsp3) is 0.500. The highest BCUT2D eigenvalue weighted by atomic mass is 35.5. The Balaban J connectivity index is 1.72. The van der Waals surface area contributed by atoms with Crippen LogP contribution in [0.1, 0.15) is 42.8 Å². The molecule has 0 aromatic carbocycles. The largest absolute Gasteiger partial charge is 0.477 e. The minimum absolute atomic E-state index is 0.150. The first-order valence-electron chi connectivity index (χ1n) is 10.3. The third kappa shape index (κ3) is 5.63. The molecular weight excluding hydrogens is 509 g/mol. The zero-order valence-corrected chi connectivity index (χ0v) is 21.1. The molecule has 3 rings (SSSR count). The Morgan fingerprint density at radius 2 is 2.00 bits per heavy atom. The second-order valence-electron chi connectivity index (χ2n) is 7.57. The molecular formula is C20H25Cl2N5O6S. The number of hydrogen-bond acceptors (Lipinski definition) is 8. The number of methoxy groups -OCH3 is 2. The Kier molecular flexibility index (Phi) is 8.77. The Labute approximate surface area is 209 Å². The highest BCUT2D eigenvalue weighted by molar-refractivity contribution is 7.17. The third-order valence-corrected chi connectivity index (χ3v) is 7.40. The van der Waals surface area contributed by atoms with Crippen LogP contribution in [0, 0.1) is 6.92 Å². The maximum atomic E-state index is 12.7. The molecule has 186 valence electrons. The van der Waals surface area contributed by atoms with Crippen molar-refractivity contribution in [2.75, 3.05) is 45.4 Å². The Morgan fingerprint density at radius 3 is 2.59 bits per heavy atom. The topological polar surface area (TPSA) is 146 Å². The average Bonchev–Trinajstić information content (AvgIpc) is 3.37. The summed E-state index contributed by atoms with van der Waals surface area (Å²) >= 11 is 13.1. The lowest BCUT2D eigenvalue weighted by molar-refractivity contribution is 0.0540. The molecule has 2 aromatic heterocycles. The van der Waals surface area contributed by atoms with Crippen LogP contribution in [0.15, 0.2) is 0 Å². The van der Waals surface area contributed by atoms with Gasteiger partial charge >= 0.3 is 5.97 Å². The summed E-state index contributed by atoms with van der Waals surface area (Å²) in [5, 5.41) is 15.9. The van der Waals surface area contributed by atoms with Gasteiger partial charge in [-0.25, -0.2) is 9.78 Å². The fourth-order valence-corrected chi connectivity index (χ4v) is 4.91. The van der Waals surface area contributed by atoms with Gasteiger partial charge in [0.2, 0.25) is 0 Å². The quantitative estimate of drug-likeness (QED) is 0.358. The number of aromatic carboxylic acids is 1. The first kappa shape index (κ1) is 26.2. The molecule has 0 radical (unpaired) electrons. The van der Waals surface area contributed by atoms with E-state index in [9.17, 15) is 19.5 Å². The van der Waals surface area contributed by atoms with Crippen molar-refractivity contribution in [2.45, 2.75) is 25.5 Å². The van der Waals surface area contributed by atoms with Crippen LogP contribution in [0.25, 0.3) is 0 Å². The SMILES string of the molecule is COCCNC(=O)c1nc(N2CCC(NC(=O)c3[nH]c(C)c(Cl)c3Cl)C(OC)C2)sc1C(=O)O. The molecule has 1 aliphatic heterocycles. The molecule has 34 heavy (non-hydrogen) atoms. The number of carboxylic acid groups (broad SMARTS) is 1. The number of anilines is 1. The molecule has 0 aliphatic carbocycles. The number of hydrogen-bond donors (Lipinski definition) is 4. The van der Waals surface area contributed by atoms with Gasteiger partial charge in [0.1, 0.15) is 10.6 Å². The Bertz CT molecular complexity index is 1070. The lowest BCUT2D eigenvalue weighted by Gasteiger charge is -2.37. The molecule has 2 unspecified atom stereocenters. The number of halogens is 2. The van der Waals surface area contributed by atoms with Gasteiger partial charge in [-0.3, -0.25) is 9.59 Å². The van der Waals surface area contributed by atoms with E-state index in [4.69, 9.17) is 32.7 Å². The number of nitrogens with one attached hydrogen (secondary N) is 3. The van der Waals surface area contributed by atoms with Crippen LogP contribution >= 0.6 is 34.5 Å². The number of rotatable bonds is 9. The summed E-state index contributed by atoms with van der Waals surface area (Å²) in [5.74, 6) is -2.22. The Morgan fingerprint density at radius 1 is 1.26 bits per heavy atom. The number of carboxylic acids is 1. The van der Waals surface area contributed by atoms with E-state index in [1.54, 1.807) is 6.92 Å². The van der Waals surface area contributed by atoms with Crippen molar-refractivity contribution in [1.29, 1.82) is 0 Å². The number of ether oxygens (including phenoxy) is 2. The van der Waals surface area contributed by atoms with E-state index < -0.39 is 23.9 Å². The minimum atomic E-state index is -1.23. The number of aromatic amines is 1. The lowest BCUT2D eigenvalue weighted by atomic mass is 10.0. The van der Waals surface area contributed by atoms with Crippen molar-refractivity contribution in [3.8, 4) is 0 Å². The van der Waals surface area contributed by atoms with E-state index in [0.29, 0.717) is 42.0 Å². The van der Waals surface area contributed by atoms with Crippen LogP contribution < -0.4 is 15.5 Å². The van der Waals surface area contributed by atoms with Gasteiger partial charge in [-0.15, -0.1) is 0 Å². The van der Waals surface area contributed by atoms with Crippen LogP contribution in [0.4, 0.5) is 5.13 Å². The standard InChI is InChI=1S/C20H25Cl2N5O6S/c1-9-12(21)13(22)14(24-9)18(29)25-10-4-6-27(8-11(10)33-3)20-26-15(16(34-20)19(30)31)17(28)23-5-7-32-2/h10-11,24H,4-8H2,1-3H3,(H,23,28)(H,25,29)(H,30,31). The van der Waals surface area contributed by atoms with Gasteiger partial charge in [-0.05, 0) is 13.3 Å². The van der Waals surface area contributed by atoms with Crippen molar-refractivity contribution < 1.29 is 29.0 Å². The highest BCUT2D eigenvalue weighted by Crippen LogP contribution is 2.31. The number of thiazole rings is 1. The van der Waals surface area contributed by atoms with Crippen LogP contribution in [0.3, 0.4) is 0 Å². The molecule has 4 N–H and O–H groups in total. The van der Waals surface area contributed by atoms with Crippen molar-refractivity contribution in [2.24, 2.45) is 0 Å². The van der Waals surface area contributed by atoms with Crippen molar-refractivity contribution in [3.05, 3.63) is 32.0 Å². The van der Waals surface area contributed by atoms with E-state index in [0.717, 1.165) is 11.3 Å². The van der Waals surface area contributed by atoms with E-state index in [1.165, 1.54) is 14.2 Å². The predicted molar refractivity (Wildman–Crippen MR) is 128 cm³/mol. The molecule has 2 aromatic rings. The maximum absolute atomic E-state index is 12.7. The summed E-state index contributed by atoms with van der Waals surface area (Å²) in [4.78, 5) is 45.7. The molecule has 3 heterocycles. The smallest absolute Gasteiger partial charge is 0.348 e. The summed E-state index contributed by atoms with van der Waals surface area (Å²) < 4.78 is 10.5. The zero-order chi connectivity index (χ0) is 25.0. The highest BCUT2D eigenvalue weighted by Gasteiger charge is 2.34. The summed E-state index contributed by atoms with van der Waals surface area (Å²) in [6.45, 7) is 3.03. The van der Waals surface area contributed by atoms with Crippen LogP contribution in [0.2, 0.25) is 10.0 Å². The number of nitrogens with zero attached hydrogens (tertiary/aromatic N) is 2. The number of aromatic nitrogens is 2. The first-order valence-corrected chi connectivity index (χ1v) is 11.9. The fourth-order valence-electron chi connectivity index (χ4n) is 3.56. The molecule has 2 amide bonds. The molecule has 1 aliphatic rings. The molecule has 0 bridgehead atoms. The number of amides is 2. The number of piperidine rings is 1. The van der Waals surface area contributed by atoms with Crippen LogP contribution in [-0.2, 0) is 9.47 Å². The third-order valence-electron chi connectivity index (χ3n) is 5.35.